The van der Waals surface area contributed by atoms with Crippen molar-refractivity contribution in [3.8, 4) is 5.69 Å². The Hall–Kier alpha value is -2.70. The first kappa shape index (κ1) is 18.7. The molecule has 5 nitrogen and oxygen atoms in total. The first-order valence-electron chi connectivity index (χ1n) is 9.17. The lowest BCUT2D eigenvalue weighted by Gasteiger charge is -2.16. The summed E-state index contributed by atoms with van der Waals surface area (Å²) in [6.07, 6.45) is 0. The molecule has 2 heterocycles. The molecule has 1 aromatic heterocycles. The van der Waals surface area contributed by atoms with Crippen LogP contribution in [-0.2, 0) is 23.1 Å². The zero-order chi connectivity index (χ0) is 20.1. The number of rotatable bonds is 3. The van der Waals surface area contributed by atoms with E-state index < -0.39 is 10.0 Å². The summed E-state index contributed by atoms with van der Waals surface area (Å²) in [5.74, 6) is 0. The normalized spacial score (nSPS) is 14.2. The molecule has 144 valence electrons. The molecule has 0 radical (unpaired) electrons. The second kappa shape index (κ2) is 6.72. The van der Waals surface area contributed by atoms with E-state index in [1.54, 1.807) is 35.8 Å². The minimum atomic E-state index is -3.62. The SMILES string of the molecule is Cc1ccc(S(=O)(=O)N2Cc3c(c(C)n(-c4ccccc4)c(=O)c3C)C2)cc1. The molecule has 0 fully saturated rings. The molecular formula is C22H22N2O3S. The Morgan fingerprint density at radius 3 is 2.07 bits per heavy atom. The highest BCUT2D eigenvalue weighted by Gasteiger charge is 2.34. The van der Waals surface area contributed by atoms with E-state index in [4.69, 9.17) is 0 Å². The fraction of sp³-hybridized carbons (Fsp3) is 0.227. The van der Waals surface area contributed by atoms with Gasteiger partial charge in [-0.15, -0.1) is 0 Å². The third-order valence-corrected chi connectivity index (χ3v) is 7.26. The predicted octanol–water partition coefficient (Wildman–Crippen LogP) is 3.47. The molecule has 0 atom stereocenters. The van der Waals surface area contributed by atoms with Gasteiger partial charge in [-0.25, -0.2) is 8.42 Å². The second-order valence-electron chi connectivity index (χ2n) is 7.23. The number of nitrogens with zero attached hydrogens (tertiary/aromatic N) is 2. The average Bonchev–Trinajstić information content (AvgIpc) is 3.14. The van der Waals surface area contributed by atoms with Crippen LogP contribution in [0.25, 0.3) is 5.69 Å². The highest BCUT2D eigenvalue weighted by atomic mass is 32.2. The van der Waals surface area contributed by atoms with E-state index in [-0.39, 0.29) is 23.5 Å². The van der Waals surface area contributed by atoms with Gasteiger partial charge in [-0.3, -0.25) is 9.36 Å². The largest absolute Gasteiger partial charge is 0.281 e. The van der Waals surface area contributed by atoms with Gasteiger partial charge in [0, 0.05) is 30.0 Å². The highest BCUT2D eigenvalue weighted by molar-refractivity contribution is 7.89. The second-order valence-corrected chi connectivity index (χ2v) is 9.17. The van der Waals surface area contributed by atoms with Crippen molar-refractivity contribution in [1.29, 1.82) is 0 Å². The van der Waals surface area contributed by atoms with Crippen LogP contribution in [0.1, 0.15) is 27.9 Å². The summed E-state index contributed by atoms with van der Waals surface area (Å²) in [7, 11) is -3.62. The van der Waals surface area contributed by atoms with Crippen molar-refractivity contribution < 1.29 is 8.42 Å². The van der Waals surface area contributed by atoms with E-state index in [0.717, 1.165) is 28.1 Å². The van der Waals surface area contributed by atoms with Crippen LogP contribution in [0.5, 0.6) is 0 Å². The molecule has 0 N–H and O–H groups in total. The Kier molecular flexibility index (Phi) is 4.48. The lowest BCUT2D eigenvalue weighted by Crippen LogP contribution is -2.25. The number of hydrogen-bond acceptors (Lipinski definition) is 3. The van der Waals surface area contributed by atoms with Crippen LogP contribution < -0.4 is 5.56 Å². The number of aryl methyl sites for hydroxylation is 1. The molecule has 0 bridgehead atoms. The Balaban J connectivity index is 1.80. The van der Waals surface area contributed by atoms with E-state index in [2.05, 4.69) is 0 Å². The lowest BCUT2D eigenvalue weighted by molar-refractivity contribution is 0.431. The van der Waals surface area contributed by atoms with Crippen molar-refractivity contribution in [3.63, 3.8) is 0 Å². The first-order chi connectivity index (χ1) is 13.3. The summed E-state index contributed by atoms with van der Waals surface area (Å²) in [5.41, 5.74) is 4.83. The molecule has 0 spiro atoms. The number of sulfonamides is 1. The number of fused-ring (bicyclic) bond motifs is 1. The summed E-state index contributed by atoms with van der Waals surface area (Å²) < 4.78 is 29.4. The van der Waals surface area contributed by atoms with Crippen molar-refractivity contribution in [1.82, 2.24) is 8.87 Å². The topological polar surface area (TPSA) is 59.4 Å². The quantitative estimate of drug-likeness (QED) is 0.683. The van der Waals surface area contributed by atoms with Gasteiger partial charge in [-0.05, 0) is 56.2 Å². The number of para-hydroxylation sites is 1. The number of pyridine rings is 1. The fourth-order valence-corrected chi connectivity index (χ4v) is 5.15. The molecule has 3 aromatic rings. The molecule has 6 heteroatoms. The smallest absolute Gasteiger partial charge is 0.258 e. The molecule has 1 aliphatic rings. The van der Waals surface area contributed by atoms with E-state index in [0.29, 0.717) is 5.56 Å². The van der Waals surface area contributed by atoms with Gasteiger partial charge in [0.1, 0.15) is 0 Å². The van der Waals surface area contributed by atoms with Crippen LogP contribution in [0.15, 0.2) is 64.3 Å². The Morgan fingerprint density at radius 2 is 1.43 bits per heavy atom. The van der Waals surface area contributed by atoms with Crippen LogP contribution in [-0.4, -0.2) is 17.3 Å². The maximum Gasteiger partial charge on any atom is 0.258 e. The first-order valence-corrected chi connectivity index (χ1v) is 10.6. The number of hydrogen-bond donors (Lipinski definition) is 0. The van der Waals surface area contributed by atoms with Crippen LogP contribution in [0.2, 0.25) is 0 Å². The molecule has 0 unspecified atom stereocenters. The standard InChI is InChI=1S/C22H22N2O3S/c1-15-9-11-19(12-10-15)28(26,27)23-13-20-16(2)22(25)24(17(3)21(20)14-23)18-7-5-4-6-8-18/h4-12H,13-14H2,1-3H3. The molecule has 2 aromatic carbocycles. The molecule has 0 saturated heterocycles. The summed E-state index contributed by atoms with van der Waals surface area (Å²) in [6.45, 7) is 6.08. The number of aromatic nitrogens is 1. The van der Waals surface area contributed by atoms with Gasteiger partial charge in [-0.1, -0.05) is 35.9 Å². The van der Waals surface area contributed by atoms with Crippen molar-refractivity contribution in [2.45, 2.75) is 38.8 Å². The van der Waals surface area contributed by atoms with Gasteiger partial charge in [0.25, 0.3) is 5.56 Å². The molecule has 0 saturated carbocycles. The fourth-order valence-electron chi connectivity index (χ4n) is 3.78. The summed E-state index contributed by atoms with van der Waals surface area (Å²) in [4.78, 5) is 13.3. The minimum absolute atomic E-state index is 0.1000. The number of benzene rings is 2. The van der Waals surface area contributed by atoms with Crippen molar-refractivity contribution in [3.05, 3.63) is 92.9 Å². The zero-order valence-electron chi connectivity index (χ0n) is 16.1. The lowest BCUT2D eigenvalue weighted by atomic mass is 10.0. The van der Waals surface area contributed by atoms with E-state index in [1.807, 2.05) is 44.2 Å². The van der Waals surface area contributed by atoms with Crippen LogP contribution in [0.3, 0.4) is 0 Å². The molecule has 0 amide bonds. The zero-order valence-corrected chi connectivity index (χ0v) is 17.0. The van der Waals surface area contributed by atoms with Gasteiger partial charge in [0.05, 0.1) is 4.90 Å². The molecule has 0 aliphatic carbocycles. The van der Waals surface area contributed by atoms with Crippen molar-refractivity contribution in [2.24, 2.45) is 0 Å². The Labute approximate surface area is 164 Å². The Morgan fingerprint density at radius 1 is 0.821 bits per heavy atom. The average molecular weight is 394 g/mol. The van der Waals surface area contributed by atoms with Gasteiger partial charge in [0.15, 0.2) is 0 Å². The maximum absolute atomic E-state index is 13.1. The minimum Gasteiger partial charge on any atom is -0.281 e. The van der Waals surface area contributed by atoms with Gasteiger partial charge < -0.3 is 0 Å². The molecular weight excluding hydrogens is 372 g/mol. The van der Waals surface area contributed by atoms with Crippen molar-refractivity contribution >= 4 is 10.0 Å². The van der Waals surface area contributed by atoms with Crippen LogP contribution in [0, 0.1) is 20.8 Å². The summed E-state index contributed by atoms with van der Waals surface area (Å²) in [6, 6.07) is 16.3. The third kappa shape index (κ3) is 2.89. The van der Waals surface area contributed by atoms with E-state index in [1.165, 1.54) is 4.31 Å². The maximum atomic E-state index is 13.1. The molecule has 4 rings (SSSR count). The van der Waals surface area contributed by atoms with E-state index >= 15 is 0 Å². The summed E-state index contributed by atoms with van der Waals surface area (Å²) in [5, 5.41) is 0. The van der Waals surface area contributed by atoms with E-state index in [9.17, 15) is 13.2 Å². The molecule has 1 aliphatic heterocycles. The van der Waals surface area contributed by atoms with Crippen molar-refractivity contribution in [2.75, 3.05) is 0 Å². The highest BCUT2D eigenvalue weighted by Crippen LogP contribution is 2.32. The predicted molar refractivity (Wildman–Crippen MR) is 109 cm³/mol. The van der Waals surface area contributed by atoms with Gasteiger partial charge >= 0.3 is 0 Å². The monoisotopic (exact) mass is 394 g/mol. The van der Waals surface area contributed by atoms with Gasteiger partial charge in [0.2, 0.25) is 10.0 Å². The third-order valence-electron chi connectivity index (χ3n) is 5.46. The Bertz CT molecular complexity index is 1210. The van der Waals surface area contributed by atoms with Crippen LogP contribution in [0.4, 0.5) is 0 Å². The van der Waals surface area contributed by atoms with Gasteiger partial charge in [-0.2, -0.15) is 4.31 Å². The molecule has 28 heavy (non-hydrogen) atoms. The van der Waals surface area contributed by atoms with Crippen LogP contribution >= 0.6 is 0 Å². The summed E-state index contributed by atoms with van der Waals surface area (Å²) >= 11 is 0.